The number of aromatic hydroxyl groups is 1. The topological polar surface area (TPSA) is 41.8 Å². The predicted octanol–water partition coefficient (Wildman–Crippen LogP) is 2.84. The van der Waals surface area contributed by atoms with Gasteiger partial charge in [0, 0.05) is 6.42 Å². The van der Waals surface area contributed by atoms with Crippen LogP contribution in [-0.2, 0) is 11.2 Å². The molecular formula is C16H13NO2. The lowest BCUT2D eigenvalue weighted by Gasteiger charge is -2.09. The number of nitrogens with zero attached hydrogens (tertiary/aromatic N) is 1. The summed E-state index contributed by atoms with van der Waals surface area (Å²) in [6.45, 7) is 0. The summed E-state index contributed by atoms with van der Waals surface area (Å²) in [5.74, 6) is 0.775. The van der Waals surface area contributed by atoms with Crippen molar-refractivity contribution in [2.75, 3.05) is 0 Å². The zero-order chi connectivity index (χ0) is 12.8. The number of rotatable bonds is 1. The van der Waals surface area contributed by atoms with E-state index in [1.54, 1.807) is 12.1 Å². The quantitative estimate of drug-likeness (QED) is 0.846. The summed E-state index contributed by atoms with van der Waals surface area (Å²) in [5.41, 5.74) is 3.24. The minimum Gasteiger partial charge on any atom is -0.507 e. The van der Waals surface area contributed by atoms with Crippen molar-refractivity contribution in [3.8, 4) is 5.75 Å². The van der Waals surface area contributed by atoms with Gasteiger partial charge in [0.25, 0.3) is 0 Å². The van der Waals surface area contributed by atoms with E-state index in [1.165, 1.54) is 11.1 Å². The molecule has 4 rings (SSSR count). The number of phenols is 1. The van der Waals surface area contributed by atoms with E-state index in [1.807, 2.05) is 24.3 Å². The Hall–Kier alpha value is -2.29. The van der Waals surface area contributed by atoms with Gasteiger partial charge in [0.05, 0.1) is 5.56 Å². The third kappa shape index (κ3) is 1.55. The molecule has 94 valence electrons. The summed E-state index contributed by atoms with van der Waals surface area (Å²) in [5, 5.41) is 9.87. The Bertz CT molecular complexity index is 678. The van der Waals surface area contributed by atoms with Crippen LogP contribution in [0.15, 0.2) is 53.5 Å². The van der Waals surface area contributed by atoms with Crippen LogP contribution in [0, 0.1) is 0 Å². The molecule has 0 spiro atoms. The van der Waals surface area contributed by atoms with Gasteiger partial charge in [-0.15, -0.1) is 0 Å². The normalized spacial score (nSPS) is 23.5. The number of benzene rings is 2. The minimum absolute atomic E-state index is 0.0748. The number of phenolic OH excluding ortho intramolecular Hbond substituents is 1. The molecule has 3 heteroatoms. The second-order valence-electron chi connectivity index (χ2n) is 4.96. The average molecular weight is 251 g/mol. The van der Waals surface area contributed by atoms with Crippen LogP contribution in [0.5, 0.6) is 5.75 Å². The van der Waals surface area contributed by atoms with Crippen molar-refractivity contribution in [1.82, 2.24) is 0 Å². The zero-order valence-electron chi connectivity index (χ0n) is 10.3. The van der Waals surface area contributed by atoms with Gasteiger partial charge in [0.15, 0.2) is 0 Å². The first kappa shape index (κ1) is 10.6. The molecule has 19 heavy (non-hydrogen) atoms. The van der Waals surface area contributed by atoms with Gasteiger partial charge in [-0.25, -0.2) is 4.99 Å². The Morgan fingerprint density at radius 1 is 1.05 bits per heavy atom. The Kier molecular flexibility index (Phi) is 2.15. The molecule has 0 aromatic heterocycles. The van der Waals surface area contributed by atoms with E-state index < -0.39 is 0 Å². The monoisotopic (exact) mass is 251 g/mol. The van der Waals surface area contributed by atoms with Crippen molar-refractivity contribution in [3.63, 3.8) is 0 Å². The van der Waals surface area contributed by atoms with Gasteiger partial charge in [-0.3, -0.25) is 0 Å². The first-order valence-electron chi connectivity index (χ1n) is 6.43. The lowest BCUT2D eigenvalue weighted by atomic mass is 10.1. The van der Waals surface area contributed by atoms with Crippen LogP contribution < -0.4 is 0 Å². The van der Waals surface area contributed by atoms with Crippen molar-refractivity contribution in [1.29, 1.82) is 0 Å². The number of hydrogen-bond acceptors (Lipinski definition) is 3. The summed E-state index contributed by atoms with van der Waals surface area (Å²) < 4.78 is 5.92. The van der Waals surface area contributed by atoms with Gasteiger partial charge in [-0.2, -0.15) is 0 Å². The van der Waals surface area contributed by atoms with E-state index in [4.69, 9.17) is 4.74 Å². The molecule has 1 N–H and O–H groups in total. The Morgan fingerprint density at radius 3 is 2.74 bits per heavy atom. The second kappa shape index (κ2) is 3.85. The van der Waals surface area contributed by atoms with Crippen molar-refractivity contribution in [2.45, 2.75) is 18.6 Å². The first-order chi connectivity index (χ1) is 9.33. The molecule has 1 aliphatic heterocycles. The molecular weight excluding hydrogens is 238 g/mol. The predicted molar refractivity (Wildman–Crippen MR) is 72.4 cm³/mol. The molecule has 2 aromatic carbocycles. The van der Waals surface area contributed by atoms with E-state index in [-0.39, 0.29) is 17.9 Å². The minimum atomic E-state index is 0.0748. The highest BCUT2D eigenvalue weighted by Gasteiger charge is 2.39. The van der Waals surface area contributed by atoms with Gasteiger partial charge in [0.2, 0.25) is 5.90 Å². The van der Waals surface area contributed by atoms with Gasteiger partial charge >= 0.3 is 0 Å². The molecule has 2 aliphatic rings. The van der Waals surface area contributed by atoms with E-state index in [9.17, 15) is 5.11 Å². The maximum Gasteiger partial charge on any atom is 0.221 e. The molecule has 0 saturated heterocycles. The van der Waals surface area contributed by atoms with Crippen LogP contribution in [0.25, 0.3) is 0 Å². The second-order valence-corrected chi connectivity index (χ2v) is 4.96. The Morgan fingerprint density at radius 2 is 1.84 bits per heavy atom. The highest BCUT2D eigenvalue weighted by Crippen LogP contribution is 2.41. The van der Waals surface area contributed by atoms with Crippen LogP contribution in [0.4, 0.5) is 0 Å². The summed E-state index contributed by atoms with van der Waals surface area (Å²) in [7, 11) is 0. The third-order valence-corrected chi connectivity index (χ3v) is 3.80. The lowest BCUT2D eigenvalue weighted by Crippen LogP contribution is -2.13. The van der Waals surface area contributed by atoms with E-state index in [0.717, 1.165) is 6.42 Å². The molecule has 0 radical (unpaired) electrons. The van der Waals surface area contributed by atoms with Gasteiger partial charge in [-0.05, 0) is 23.3 Å². The fourth-order valence-corrected chi connectivity index (χ4v) is 2.88. The molecule has 2 aromatic rings. The van der Waals surface area contributed by atoms with Gasteiger partial charge in [-0.1, -0.05) is 36.4 Å². The van der Waals surface area contributed by atoms with Crippen molar-refractivity contribution in [3.05, 3.63) is 65.2 Å². The summed E-state index contributed by atoms with van der Waals surface area (Å²) in [4.78, 5) is 4.66. The maximum atomic E-state index is 9.87. The van der Waals surface area contributed by atoms with Crippen LogP contribution >= 0.6 is 0 Å². The van der Waals surface area contributed by atoms with E-state index in [2.05, 4.69) is 17.1 Å². The first-order valence-corrected chi connectivity index (χ1v) is 6.43. The fourth-order valence-electron chi connectivity index (χ4n) is 2.88. The van der Waals surface area contributed by atoms with Gasteiger partial charge in [0.1, 0.15) is 17.9 Å². The zero-order valence-corrected chi connectivity index (χ0v) is 10.3. The molecule has 0 bridgehead atoms. The molecule has 2 atom stereocenters. The van der Waals surface area contributed by atoms with Crippen molar-refractivity contribution in [2.24, 2.45) is 4.99 Å². The molecule has 3 nitrogen and oxygen atoms in total. The van der Waals surface area contributed by atoms with Crippen molar-refractivity contribution < 1.29 is 9.84 Å². The molecule has 0 amide bonds. The summed E-state index contributed by atoms with van der Waals surface area (Å²) in [6.07, 6.45) is 0.966. The van der Waals surface area contributed by atoms with Crippen LogP contribution in [0.2, 0.25) is 0 Å². The van der Waals surface area contributed by atoms with E-state index >= 15 is 0 Å². The Balaban J connectivity index is 1.75. The molecule has 0 saturated carbocycles. The average Bonchev–Trinajstić information content (AvgIpc) is 2.96. The van der Waals surface area contributed by atoms with Crippen molar-refractivity contribution >= 4 is 5.90 Å². The lowest BCUT2D eigenvalue weighted by molar-refractivity contribution is 0.206. The maximum absolute atomic E-state index is 9.87. The van der Waals surface area contributed by atoms with Gasteiger partial charge < -0.3 is 9.84 Å². The largest absolute Gasteiger partial charge is 0.507 e. The number of aliphatic imine (C=N–C) groups is 1. The van der Waals surface area contributed by atoms with Crippen LogP contribution in [0.1, 0.15) is 22.7 Å². The number of para-hydroxylation sites is 1. The summed E-state index contributed by atoms with van der Waals surface area (Å²) >= 11 is 0. The number of ether oxygens (including phenoxy) is 1. The number of fused-ring (bicyclic) bond motifs is 3. The highest BCUT2D eigenvalue weighted by atomic mass is 16.5. The SMILES string of the molecule is Oc1ccccc1C1=NC2c3ccccc3CC2O1. The fraction of sp³-hybridized carbons (Fsp3) is 0.188. The summed E-state index contributed by atoms with van der Waals surface area (Å²) in [6, 6.07) is 15.6. The van der Waals surface area contributed by atoms with Crippen LogP contribution in [-0.4, -0.2) is 17.1 Å². The smallest absolute Gasteiger partial charge is 0.221 e. The van der Waals surface area contributed by atoms with Crippen LogP contribution in [0.3, 0.4) is 0 Å². The standard InChI is InChI=1S/C16H13NO2/c18-13-8-4-3-7-12(13)16-17-15-11-6-2-1-5-10(11)9-14(15)19-16/h1-8,14-15,18H,9H2. The number of hydrogen-bond donors (Lipinski definition) is 1. The Labute approximate surface area is 111 Å². The molecule has 1 heterocycles. The van der Waals surface area contributed by atoms with E-state index in [0.29, 0.717) is 11.5 Å². The highest BCUT2D eigenvalue weighted by molar-refractivity contribution is 5.98. The molecule has 1 aliphatic carbocycles. The molecule has 0 fully saturated rings. The third-order valence-electron chi connectivity index (χ3n) is 3.80. The molecule has 2 unspecified atom stereocenters.